The second kappa shape index (κ2) is 59.4. The molecule has 0 N–H and O–H groups in total. The van der Waals surface area contributed by atoms with Gasteiger partial charge < -0.3 is 14.2 Å². The standard InChI is InChI=1S/C65H114O6/c1-4-7-10-13-16-19-22-25-28-30-32-34-37-40-43-46-49-52-55-58-64(67)70-61-62(60-69-63(66)57-54-51-48-45-42-39-36-27-24-21-18-15-12-9-6-3)71-65(68)59-56-53-50-47-44-41-38-35-33-31-29-26-23-20-17-14-11-8-5-2/h7,10,16,19,25-26,28-29,32,34,40,43,62H,4-6,8-9,11-15,17-18,20-24,27,30-31,33,35-39,41-42,44-61H2,1-3H3/b10-7-,19-16-,28-25-,29-26-,34-32-,43-40-/t62-/m0/s1. The summed E-state index contributed by atoms with van der Waals surface area (Å²) in [6.07, 6.45) is 76.1. The molecule has 0 saturated heterocycles. The number of unbranched alkanes of at least 4 members (excludes halogenated alkanes) is 32. The SMILES string of the molecule is CC/C=C\C/C=C\C/C=C\C/C=C\C/C=C\CCCCCC(=O)OC[C@H](COC(=O)CCCCCCCCCCCCCCCCC)OC(=O)CCCCCCCCCCC/C=C\CCCCCCCC. The van der Waals surface area contributed by atoms with Crippen LogP contribution in [0.3, 0.4) is 0 Å². The van der Waals surface area contributed by atoms with E-state index in [-0.39, 0.29) is 31.1 Å². The van der Waals surface area contributed by atoms with Gasteiger partial charge in [-0.3, -0.25) is 14.4 Å². The van der Waals surface area contributed by atoms with E-state index in [2.05, 4.69) is 93.7 Å². The van der Waals surface area contributed by atoms with Crippen LogP contribution in [0.2, 0.25) is 0 Å². The van der Waals surface area contributed by atoms with E-state index < -0.39 is 6.10 Å². The molecule has 0 bridgehead atoms. The van der Waals surface area contributed by atoms with Gasteiger partial charge in [-0.25, -0.2) is 0 Å². The lowest BCUT2D eigenvalue weighted by Gasteiger charge is -2.18. The summed E-state index contributed by atoms with van der Waals surface area (Å²) in [6, 6.07) is 0. The van der Waals surface area contributed by atoms with Gasteiger partial charge in [0, 0.05) is 19.3 Å². The summed E-state index contributed by atoms with van der Waals surface area (Å²) in [5, 5.41) is 0. The number of hydrogen-bond acceptors (Lipinski definition) is 6. The predicted octanol–water partition coefficient (Wildman–Crippen LogP) is 20.5. The van der Waals surface area contributed by atoms with Crippen molar-refractivity contribution in [2.24, 2.45) is 0 Å². The Bertz CT molecular complexity index is 1320. The minimum absolute atomic E-state index is 0.0840. The molecule has 6 nitrogen and oxygen atoms in total. The highest BCUT2D eigenvalue weighted by Crippen LogP contribution is 2.16. The maximum absolute atomic E-state index is 12.9. The Kier molecular flexibility index (Phi) is 56.8. The van der Waals surface area contributed by atoms with Crippen molar-refractivity contribution in [3.63, 3.8) is 0 Å². The highest BCUT2D eigenvalue weighted by Gasteiger charge is 2.19. The summed E-state index contributed by atoms with van der Waals surface area (Å²) in [4.78, 5) is 38.2. The zero-order valence-corrected chi connectivity index (χ0v) is 47.0. The summed E-state index contributed by atoms with van der Waals surface area (Å²) >= 11 is 0. The van der Waals surface area contributed by atoms with Crippen LogP contribution in [0.5, 0.6) is 0 Å². The maximum Gasteiger partial charge on any atom is 0.306 e. The van der Waals surface area contributed by atoms with Crippen molar-refractivity contribution < 1.29 is 28.6 Å². The monoisotopic (exact) mass is 991 g/mol. The van der Waals surface area contributed by atoms with E-state index in [9.17, 15) is 14.4 Å². The third-order valence-corrected chi connectivity index (χ3v) is 13.2. The number of allylic oxidation sites excluding steroid dienone is 12. The lowest BCUT2D eigenvalue weighted by Crippen LogP contribution is -2.30. The molecule has 0 heterocycles. The third kappa shape index (κ3) is 57.6. The van der Waals surface area contributed by atoms with Crippen molar-refractivity contribution in [1.29, 1.82) is 0 Å². The van der Waals surface area contributed by atoms with Crippen LogP contribution in [-0.4, -0.2) is 37.2 Å². The molecular weight excluding hydrogens is 877 g/mol. The molecule has 0 aliphatic carbocycles. The molecule has 0 fully saturated rings. The lowest BCUT2D eigenvalue weighted by atomic mass is 10.0. The van der Waals surface area contributed by atoms with Gasteiger partial charge in [0.2, 0.25) is 0 Å². The van der Waals surface area contributed by atoms with Gasteiger partial charge in [0.25, 0.3) is 0 Å². The Morgan fingerprint density at radius 3 is 0.887 bits per heavy atom. The van der Waals surface area contributed by atoms with Crippen molar-refractivity contribution in [3.05, 3.63) is 72.9 Å². The Labute approximate surface area is 440 Å². The third-order valence-electron chi connectivity index (χ3n) is 13.2. The van der Waals surface area contributed by atoms with Crippen molar-refractivity contribution in [2.45, 2.75) is 309 Å². The first-order valence-corrected chi connectivity index (χ1v) is 30.4. The summed E-state index contributed by atoms with van der Waals surface area (Å²) in [7, 11) is 0. The summed E-state index contributed by atoms with van der Waals surface area (Å²) in [5.41, 5.74) is 0. The van der Waals surface area contributed by atoms with E-state index in [0.29, 0.717) is 19.3 Å². The summed E-state index contributed by atoms with van der Waals surface area (Å²) in [6.45, 7) is 6.53. The molecule has 0 unspecified atom stereocenters. The number of esters is 3. The molecule has 1 atom stereocenters. The van der Waals surface area contributed by atoms with E-state index in [1.807, 2.05) is 0 Å². The normalized spacial score (nSPS) is 12.5. The van der Waals surface area contributed by atoms with Crippen LogP contribution >= 0.6 is 0 Å². The van der Waals surface area contributed by atoms with E-state index in [4.69, 9.17) is 14.2 Å². The zero-order valence-electron chi connectivity index (χ0n) is 47.0. The van der Waals surface area contributed by atoms with Crippen LogP contribution in [0.25, 0.3) is 0 Å². The largest absolute Gasteiger partial charge is 0.462 e. The van der Waals surface area contributed by atoms with Crippen LogP contribution in [0, 0.1) is 0 Å². The molecular formula is C65H114O6. The van der Waals surface area contributed by atoms with Crippen molar-refractivity contribution in [3.8, 4) is 0 Å². The Balaban J connectivity index is 4.42. The van der Waals surface area contributed by atoms with Gasteiger partial charge in [-0.2, -0.15) is 0 Å². The van der Waals surface area contributed by atoms with Crippen LogP contribution in [-0.2, 0) is 28.6 Å². The van der Waals surface area contributed by atoms with E-state index in [1.165, 1.54) is 167 Å². The second-order valence-electron chi connectivity index (χ2n) is 20.2. The van der Waals surface area contributed by atoms with Crippen molar-refractivity contribution in [2.75, 3.05) is 13.2 Å². The molecule has 410 valence electrons. The van der Waals surface area contributed by atoms with Crippen LogP contribution in [0.15, 0.2) is 72.9 Å². The molecule has 0 saturated carbocycles. The minimum Gasteiger partial charge on any atom is -0.462 e. The number of carbonyl (C=O) groups is 3. The summed E-state index contributed by atoms with van der Waals surface area (Å²) in [5.74, 6) is -0.906. The maximum atomic E-state index is 12.9. The molecule has 0 aliphatic heterocycles. The first-order valence-electron chi connectivity index (χ1n) is 30.4. The molecule has 0 aromatic rings. The average molecular weight is 992 g/mol. The van der Waals surface area contributed by atoms with Crippen LogP contribution in [0.1, 0.15) is 303 Å². The fourth-order valence-electron chi connectivity index (χ4n) is 8.64. The Hall–Kier alpha value is -3.15. The first-order chi connectivity index (χ1) is 35.0. The van der Waals surface area contributed by atoms with E-state index >= 15 is 0 Å². The smallest absolute Gasteiger partial charge is 0.306 e. The second-order valence-corrected chi connectivity index (χ2v) is 20.2. The Morgan fingerprint density at radius 2 is 0.549 bits per heavy atom. The molecule has 0 spiro atoms. The number of carbonyl (C=O) groups excluding carboxylic acids is 3. The van der Waals surface area contributed by atoms with E-state index in [0.717, 1.165) is 96.3 Å². The highest BCUT2D eigenvalue weighted by atomic mass is 16.6. The molecule has 0 aliphatic rings. The number of hydrogen-bond donors (Lipinski definition) is 0. The van der Waals surface area contributed by atoms with Crippen LogP contribution in [0.4, 0.5) is 0 Å². The van der Waals surface area contributed by atoms with Gasteiger partial charge in [0.15, 0.2) is 6.10 Å². The molecule has 0 aromatic carbocycles. The van der Waals surface area contributed by atoms with Gasteiger partial charge in [-0.15, -0.1) is 0 Å². The van der Waals surface area contributed by atoms with Gasteiger partial charge in [-0.05, 0) is 89.9 Å². The highest BCUT2D eigenvalue weighted by molar-refractivity contribution is 5.71. The zero-order chi connectivity index (χ0) is 51.4. The number of rotatable bonds is 55. The van der Waals surface area contributed by atoms with Crippen molar-refractivity contribution in [1.82, 2.24) is 0 Å². The number of ether oxygens (including phenoxy) is 3. The first kappa shape index (κ1) is 67.8. The minimum atomic E-state index is -0.789. The fraction of sp³-hybridized carbons (Fsp3) is 0.769. The quantitative estimate of drug-likeness (QED) is 0.0261. The topological polar surface area (TPSA) is 78.9 Å². The van der Waals surface area contributed by atoms with Gasteiger partial charge in [0.05, 0.1) is 0 Å². The fourth-order valence-corrected chi connectivity index (χ4v) is 8.64. The molecule has 0 radical (unpaired) electrons. The van der Waals surface area contributed by atoms with Gasteiger partial charge >= 0.3 is 17.9 Å². The molecule has 71 heavy (non-hydrogen) atoms. The molecule has 6 heteroatoms. The van der Waals surface area contributed by atoms with Crippen molar-refractivity contribution >= 4 is 17.9 Å². The van der Waals surface area contributed by atoms with E-state index in [1.54, 1.807) is 0 Å². The van der Waals surface area contributed by atoms with Gasteiger partial charge in [0.1, 0.15) is 13.2 Å². The average Bonchev–Trinajstić information content (AvgIpc) is 3.37. The molecule has 0 amide bonds. The van der Waals surface area contributed by atoms with Crippen LogP contribution < -0.4 is 0 Å². The lowest BCUT2D eigenvalue weighted by molar-refractivity contribution is -0.167. The Morgan fingerprint density at radius 1 is 0.296 bits per heavy atom. The molecule has 0 rings (SSSR count). The molecule has 0 aromatic heterocycles. The van der Waals surface area contributed by atoms with Gasteiger partial charge in [-0.1, -0.05) is 267 Å². The predicted molar refractivity (Wildman–Crippen MR) is 307 cm³/mol. The summed E-state index contributed by atoms with van der Waals surface area (Å²) < 4.78 is 16.9.